The molecule has 0 amide bonds. The van der Waals surface area contributed by atoms with Crippen LogP contribution in [0.3, 0.4) is 0 Å². The summed E-state index contributed by atoms with van der Waals surface area (Å²) in [6, 6.07) is 10.6. The molecule has 7 heteroatoms. The van der Waals surface area contributed by atoms with Crippen LogP contribution in [0, 0.1) is 25.2 Å². The van der Waals surface area contributed by atoms with E-state index in [9.17, 15) is 20.0 Å². The van der Waals surface area contributed by atoms with Crippen LogP contribution in [0.25, 0.3) is 21.9 Å². The van der Waals surface area contributed by atoms with Crippen molar-refractivity contribution in [1.82, 2.24) is 14.1 Å². The van der Waals surface area contributed by atoms with E-state index in [0.29, 0.717) is 23.0 Å². The second-order valence-electron chi connectivity index (χ2n) is 8.35. The van der Waals surface area contributed by atoms with Gasteiger partial charge in [0.2, 0.25) is 0 Å². The maximum absolute atomic E-state index is 13.7. The van der Waals surface area contributed by atoms with E-state index in [4.69, 9.17) is 0 Å². The van der Waals surface area contributed by atoms with Crippen LogP contribution in [0.2, 0.25) is 0 Å². The number of nitriles is 1. The number of aryl methyl sites for hydroxylation is 2. The Morgan fingerprint density at radius 2 is 1.94 bits per heavy atom. The molecule has 2 aromatic heterocycles. The molecule has 32 heavy (non-hydrogen) atoms. The number of carboxylic acids is 1. The highest BCUT2D eigenvalue weighted by molar-refractivity contribution is 5.88. The first-order valence-electron chi connectivity index (χ1n) is 10.7. The second kappa shape index (κ2) is 8.04. The summed E-state index contributed by atoms with van der Waals surface area (Å²) >= 11 is 0. The minimum Gasteiger partial charge on any atom is -0.481 e. The summed E-state index contributed by atoms with van der Waals surface area (Å²) in [4.78, 5) is 28.5. The van der Waals surface area contributed by atoms with Crippen LogP contribution in [-0.4, -0.2) is 25.2 Å². The van der Waals surface area contributed by atoms with Crippen LogP contribution in [0.1, 0.15) is 61.0 Å². The van der Waals surface area contributed by atoms with Crippen molar-refractivity contribution < 1.29 is 9.90 Å². The summed E-state index contributed by atoms with van der Waals surface area (Å²) in [6.07, 6.45) is 2.27. The van der Waals surface area contributed by atoms with Gasteiger partial charge in [-0.1, -0.05) is 13.0 Å². The van der Waals surface area contributed by atoms with Crippen LogP contribution in [0.4, 0.5) is 0 Å². The van der Waals surface area contributed by atoms with E-state index >= 15 is 0 Å². The highest BCUT2D eigenvalue weighted by atomic mass is 16.4. The Bertz CT molecular complexity index is 1450. The molecule has 1 unspecified atom stereocenters. The van der Waals surface area contributed by atoms with Crippen LogP contribution in [0.5, 0.6) is 0 Å². The highest BCUT2D eigenvalue weighted by Gasteiger charge is 2.26. The lowest BCUT2D eigenvalue weighted by molar-refractivity contribution is -0.137. The van der Waals surface area contributed by atoms with E-state index in [1.54, 1.807) is 27.3 Å². The monoisotopic (exact) mass is 430 g/mol. The zero-order valence-corrected chi connectivity index (χ0v) is 18.6. The van der Waals surface area contributed by atoms with E-state index in [2.05, 4.69) is 31.0 Å². The highest BCUT2D eigenvalue weighted by Crippen LogP contribution is 2.33. The Labute approximate surface area is 185 Å². The largest absolute Gasteiger partial charge is 0.481 e. The maximum Gasteiger partial charge on any atom is 0.329 e. The Kier molecular flexibility index (Phi) is 5.39. The van der Waals surface area contributed by atoms with Gasteiger partial charge < -0.3 is 10.1 Å². The molecule has 0 aliphatic carbocycles. The Morgan fingerprint density at radius 3 is 2.59 bits per heavy atom. The molecule has 0 aliphatic heterocycles. The molecular weight excluding hydrogens is 404 g/mol. The number of nitrogens with one attached hydrogen (secondary N) is 1. The molecule has 0 radical (unpaired) electrons. The van der Waals surface area contributed by atoms with E-state index in [1.807, 2.05) is 26.1 Å². The van der Waals surface area contributed by atoms with Gasteiger partial charge in [-0.2, -0.15) is 5.26 Å². The first kappa shape index (κ1) is 21.4. The summed E-state index contributed by atoms with van der Waals surface area (Å²) in [5.41, 5.74) is 5.77. The number of carboxylic acid groups (broad SMARTS) is 1. The lowest BCUT2D eigenvalue weighted by atomic mass is 9.99. The lowest BCUT2D eigenvalue weighted by Gasteiger charge is -2.16. The molecule has 0 saturated carbocycles. The third-order valence-electron chi connectivity index (χ3n) is 6.53. The number of benzene rings is 2. The molecule has 0 aliphatic rings. The van der Waals surface area contributed by atoms with E-state index in [0.717, 1.165) is 22.0 Å². The van der Waals surface area contributed by atoms with Crippen molar-refractivity contribution in [3.05, 3.63) is 69.3 Å². The summed E-state index contributed by atoms with van der Waals surface area (Å²) in [5.74, 6) is -0.961. The zero-order chi connectivity index (χ0) is 23.2. The smallest absolute Gasteiger partial charge is 0.329 e. The second-order valence-corrected chi connectivity index (χ2v) is 8.35. The van der Waals surface area contributed by atoms with Crippen molar-refractivity contribution in [2.75, 3.05) is 0 Å². The summed E-state index contributed by atoms with van der Waals surface area (Å²) in [6.45, 7) is 7.99. The summed E-state index contributed by atoms with van der Waals surface area (Å²) < 4.78 is 3.26. The first-order chi connectivity index (χ1) is 15.3. The van der Waals surface area contributed by atoms with Crippen molar-refractivity contribution >= 4 is 27.9 Å². The van der Waals surface area contributed by atoms with Gasteiger partial charge in [0.1, 0.15) is 0 Å². The number of aliphatic carboxylic acids is 1. The van der Waals surface area contributed by atoms with Crippen molar-refractivity contribution in [3.63, 3.8) is 0 Å². The molecule has 2 N–H and O–H groups in total. The van der Waals surface area contributed by atoms with Crippen molar-refractivity contribution in [2.45, 2.75) is 52.6 Å². The number of carbonyl (C=O) groups is 1. The minimum absolute atomic E-state index is 0.161. The molecule has 0 spiro atoms. The fourth-order valence-electron chi connectivity index (χ4n) is 4.66. The van der Waals surface area contributed by atoms with E-state index < -0.39 is 12.0 Å². The molecule has 2 atom stereocenters. The van der Waals surface area contributed by atoms with Crippen molar-refractivity contribution in [1.29, 1.82) is 5.26 Å². The SMILES string of the molecule is CCC(CC(=O)O)n1c(=O)n([C@@H](C)c2c[nH]c3ccc(C)c(C)c23)c2ccc(C#N)cc21. The molecule has 0 fully saturated rings. The third kappa shape index (κ3) is 3.28. The Balaban J connectivity index is 2.01. The lowest BCUT2D eigenvalue weighted by Crippen LogP contribution is -2.30. The average molecular weight is 431 g/mol. The van der Waals surface area contributed by atoms with Crippen LogP contribution in [-0.2, 0) is 4.79 Å². The predicted molar refractivity (Wildman–Crippen MR) is 124 cm³/mol. The number of aromatic nitrogens is 3. The van der Waals surface area contributed by atoms with Crippen LogP contribution < -0.4 is 5.69 Å². The van der Waals surface area contributed by atoms with Gasteiger partial charge in [0.25, 0.3) is 0 Å². The Morgan fingerprint density at radius 1 is 1.19 bits per heavy atom. The third-order valence-corrected chi connectivity index (χ3v) is 6.53. The van der Waals surface area contributed by atoms with Crippen LogP contribution in [0.15, 0.2) is 41.3 Å². The van der Waals surface area contributed by atoms with Gasteiger partial charge in [-0.25, -0.2) is 4.79 Å². The molecular formula is C25H26N4O3. The van der Waals surface area contributed by atoms with Crippen molar-refractivity contribution in [3.8, 4) is 6.07 Å². The molecule has 7 nitrogen and oxygen atoms in total. The number of hydrogen-bond donors (Lipinski definition) is 2. The predicted octanol–water partition coefficient (Wildman–Crippen LogP) is 4.81. The summed E-state index contributed by atoms with van der Waals surface area (Å²) in [5, 5.41) is 19.9. The van der Waals surface area contributed by atoms with Crippen LogP contribution >= 0.6 is 0 Å². The quantitative estimate of drug-likeness (QED) is 0.458. The van der Waals surface area contributed by atoms with Gasteiger partial charge in [0.15, 0.2) is 0 Å². The van der Waals surface area contributed by atoms with Crippen molar-refractivity contribution in [2.24, 2.45) is 0 Å². The minimum atomic E-state index is -0.961. The van der Waals surface area contributed by atoms with Gasteiger partial charge in [-0.05, 0) is 62.6 Å². The number of H-pyrrole nitrogens is 1. The molecule has 164 valence electrons. The van der Waals surface area contributed by atoms with Gasteiger partial charge in [-0.3, -0.25) is 13.9 Å². The molecule has 2 aromatic carbocycles. The molecule has 0 saturated heterocycles. The molecule has 0 bridgehead atoms. The number of rotatable bonds is 6. The number of nitrogens with zero attached hydrogens (tertiary/aromatic N) is 3. The van der Waals surface area contributed by atoms with Gasteiger partial charge >= 0.3 is 11.7 Å². The molecule has 2 heterocycles. The van der Waals surface area contributed by atoms with E-state index in [-0.39, 0.29) is 18.2 Å². The number of imidazole rings is 1. The normalized spacial score (nSPS) is 13.3. The van der Waals surface area contributed by atoms with Gasteiger partial charge in [0.05, 0.1) is 35.1 Å². The first-order valence-corrected chi connectivity index (χ1v) is 10.7. The average Bonchev–Trinajstić information content (AvgIpc) is 3.32. The van der Waals surface area contributed by atoms with E-state index in [1.165, 1.54) is 5.56 Å². The number of fused-ring (bicyclic) bond motifs is 2. The number of hydrogen-bond acceptors (Lipinski definition) is 3. The number of aromatic amines is 1. The fraction of sp³-hybridized carbons (Fsp3) is 0.320. The molecule has 4 aromatic rings. The standard InChI is InChI=1S/C25H26N4O3/c1-5-18(11-23(30)31)29-22-10-17(12-26)7-9-21(22)28(25(29)32)16(4)19-13-27-20-8-6-14(2)15(3)24(19)20/h6-10,13,16,18,27H,5,11H2,1-4H3,(H,30,31)/t16-,18?/m0/s1. The topological polar surface area (TPSA) is 104 Å². The summed E-state index contributed by atoms with van der Waals surface area (Å²) in [7, 11) is 0. The zero-order valence-electron chi connectivity index (χ0n) is 18.6. The van der Waals surface area contributed by atoms with Gasteiger partial charge in [0, 0.05) is 28.7 Å². The van der Waals surface area contributed by atoms with Gasteiger partial charge in [-0.15, -0.1) is 0 Å². The Hall–Kier alpha value is -3.79. The maximum atomic E-state index is 13.7. The fourth-order valence-corrected chi connectivity index (χ4v) is 4.66. The molecule has 4 rings (SSSR count).